The number of carbonyl (C=O) groups is 1. The van der Waals surface area contributed by atoms with Crippen molar-refractivity contribution in [2.45, 2.75) is 13.0 Å². The van der Waals surface area contributed by atoms with E-state index in [2.05, 4.69) is 0 Å². The van der Waals surface area contributed by atoms with Gasteiger partial charge in [-0.2, -0.15) is 4.39 Å². The molecule has 0 aromatic heterocycles. The fraction of sp³-hybridized carbons (Fsp3) is 0.417. The lowest BCUT2D eigenvalue weighted by atomic mass is 10.1. The fourth-order valence-corrected chi connectivity index (χ4v) is 1.92. The molecule has 1 aromatic rings. The molecule has 0 spiro atoms. The summed E-state index contributed by atoms with van der Waals surface area (Å²) in [6.07, 6.45) is -0.223. The van der Waals surface area contributed by atoms with Crippen LogP contribution in [0.25, 0.3) is 0 Å². The van der Waals surface area contributed by atoms with Gasteiger partial charge in [-0.15, -0.1) is 0 Å². The molecule has 1 atom stereocenters. The van der Waals surface area contributed by atoms with E-state index in [1.807, 2.05) is 0 Å². The van der Waals surface area contributed by atoms with Crippen molar-refractivity contribution in [1.82, 2.24) is 4.90 Å². The first-order valence-corrected chi connectivity index (χ1v) is 5.69. The van der Waals surface area contributed by atoms with Crippen LogP contribution in [0.2, 0.25) is 0 Å². The maximum atomic E-state index is 13.6. The summed E-state index contributed by atoms with van der Waals surface area (Å²) < 4.78 is 44.9. The lowest BCUT2D eigenvalue weighted by Gasteiger charge is -2.31. The standard InChI is InChI=1S/C12H12F3NO3/c1-6-5-16(2-3-19-6)12(18)7-4-8(13)10(15)11(17)9(7)14/h4,6,17H,2-3,5H2,1H3/t6-/m1/s1. The number of rotatable bonds is 1. The van der Waals surface area contributed by atoms with Gasteiger partial charge in [0.2, 0.25) is 5.82 Å². The van der Waals surface area contributed by atoms with Crippen LogP contribution in [0.1, 0.15) is 17.3 Å². The van der Waals surface area contributed by atoms with Crippen LogP contribution in [-0.4, -0.2) is 41.7 Å². The van der Waals surface area contributed by atoms with Crippen LogP contribution < -0.4 is 0 Å². The SMILES string of the molecule is C[C@@H]1CN(C(=O)c2cc(F)c(F)c(O)c2F)CCO1. The number of ether oxygens (including phenoxy) is 1. The molecular formula is C12H12F3NO3. The number of carbonyl (C=O) groups excluding carboxylic acids is 1. The van der Waals surface area contributed by atoms with Gasteiger partial charge in [0.05, 0.1) is 18.3 Å². The van der Waals surface area contributed by atoms with E-state index in [-0.39, 0.29) is 25.8 Å². The van der Waals surface area contributed by atoms with Crippen LogP contribution in [-0.2, 0) is 4.74 Å². The largest absolute Gasteiger partial charge is 0.503 e. The molecule has 1 N–H and O–H groups in total. The van der Waals surface area contributed by atoms with Crippen LogP contribution in [0.4, 0.5) is 13.2 Å². The Morgan fingerprint density at radius 2 is 2.11 bits per heavy atom. The van der Waals surface area contributed by atoms with E-state index in [1.54, 1.807) is 6.92 Å². The predicted octanol–water partition coefficient (Wildman–Crippen LogP) is 1.67. The van der Waals surface area contributed by atoms with Gasteiger partial charge in [0, 0.05) is 13.1 Å². The van der Waals surface area contributed by atoms with Crippen LogP contribution in [0, 0.1) is 17.5 Å². The number of hydrogen-bond donors (Lipinski definition) is 1. The Hall–Kier alpha value is -1.76. The lowest BCUT2D eigenvalue weighted by Crippen LogP contribution is -2.44. The third-order valence-corrected chi connectivity index (χ3v) is 2.89. The highest BCUT2D eigenvalue weighted by Crippen LogP contribution is 2.27. The molecule has 1 aliphatic rings. The van der Waals surface area contributed by atoms with Crippen LogP contribution in [0.15, 0.2) is 6.07 Å². The van der Waals surface area contributed by atoms with E-state index < -0.39 is 34.7 Å². The van der Waals surface area contributed by atoms with E-state index in [4.69, 9.17) is 9.84 Å². The summed E-state index contributed by atoms with van der Waals surface area (Å²) in [6.45, 7) is 2.46. The van der Waals surface area contributed by atoms with Gasteiger partial charge in [0.25, 0.3) is 5.91 Å². The van der Waals surface area contributed by atoms with Gasteiger partial charge in [-0.3, -0.25) is 4.79 Å². The second kappa shape index (κ2) is 5.08. The lowest BCUT2D eigenvalue weighted by molar-refractivity contribution is -0.0126. The van der Waals surface area contributed by atoms with Crippen LogP contribution in [0.5, 0.6) is 5.75 Å². The molecule has 7 heteroatoms. The zero-order valence-electron chi connectivity index (χ0n) is 10.1. The van der Waals surface area contributed by atoms with Crippen molar-refractivity contribution in [2.75, 3.05) is 19.7 Å². The normalized spacial score (nSPS) is 19.6. The quantitative estimate of drug-likeness (QED) is 0.793. The summed E-state index contributed by atoms with van der Waals surface area (Å²) in [4.78, 5) is 13.3. The molecule has 0 unspecified atom stereocenters. The van der Waals surface area contributed by atoms with Crippen LogP contribution in [0.3, 0.4) is 0 Å². The van der Waals surface area contributed by atoms with Crippen molar-refractivity contribution >= 4 is 5.91 Å². The Morgan fingerprint density at radius 3 is 2.74 bits per heavy atom. The first kappa shape index (κ1) is 13.7. The first-order valence-electron chi connectivity index (χ1n) is 5.69. The average molecular weight is 275 g/mol. The average Bonchev–Trinajstić information content (AvgIpc) is 2.40. The molecule has 0 aliphatic carbocycles. The van der Waals surface area contributed by atoms with Crippen molar-refractivity contribution in [3.8, 4) is 5.75 Å². The Labute approximate surface area is 107 Å². The second-order valence-electron chi connectivity index (χ2n) is 4.32. The molecule has 0 radical (unpaired) electrons. The van der Waals surface area contributed by atoms with E-state index in [0.717, 1.165) is 0 Å². The van der Waals surface area contributed by atoms with E-state index >= 15 is 0 Å². The molecule has 0 bridgehead atoms. The summed E-state index contributed by atoms with van der Waals surface area (Å²) in [7, 11) is 0. The molecule has 1 aromatic carbocycles. The summed E-state index contributed by atoms with van der Waals surface area (Å²) in [5.74, 6) is -6.91. The molecule has 2 rings (SSSR count). The predicted molar refractivity (Wildman–Crippen MR) is 59.3 cm³/mol. The summed E-state index contributed by atoms with van der Waals surface area (Å²) in [6, 6.07) is 0.451. The van der Waals surface area contributed by atoms with E-state index in [1.165, 1.54) is 4.90 Å². The van der Waals surface area contributed by atoms with Crippen LogP contribution >= 0.6 is 0 Å². The smallest absolute Gasteiger partial charge is 0.257 e. The molecule has 1 fully saturated rings. The number of amides is 1. The van der Waals surface area contributed by atoms with E-state index in [0.29, 0.717) is 6.07 Å². The monoisotopic (exact) mass is 275 g/mol. The molecule has 1 aliphatic heterocycles. The van der Waals surface area contributed by atoms with Gasteiger partial charge < -0.3 is 14.7 Å². The molecule has 19 heavy (non-hydrogen) atoms. The molecule has 104 valence electrons. The molecular weight excluding hydrogens is 263 g/mol. The van der Waals surface area contributed by atoms with Gasteiger partial charge in [-0.1, -0.05) is 0 Å². The Kier molecular flexibility index (Phi) is 3.66. The zero-order chi connectivity index (χ0) is 14.2. The number of benzene rings is 1. The number of morpholine rings is 1. The Balaban J connectivity index is 2.34. The summed E-state index contributed by atoms with van der Waals surface area (Å²) in [5, 5.41) is 9.08. The third kappa shape index (κ3) is 2.51. The number of aromatic hydroxyl groups is 1. The van der Waals surface area contributed by atoms with E-state index in [9.17, 15) is 18.0 Å². The molecule has 4 nitrogen and oxygen atoms in total. The van der Waals surface area contributed by atoms with Gasteiger partial charge in [-0.05, 0) is 13.0 Å². The van der Waals surface area contributed by atoms with Crippen molar-refractivity contribution in [1.29, 1.82) is 0 Å². The highest BCUT2D eigenvalue weighted by molar-refractivity contribution is 5.95. The fourth-order valence-electron chi connectivity index (χ4n) is 1.92. The zero-order valence-corrected chi connectivity index (χ0v) is 10.1. The highest BCUT2D eigenvalue weighted by atomic mass is 19.2. The summed E-state index contributed by atoms with van der Waals surface area (Å²) in [5.41, 5.74) is -0.689. The van der Waals surface area contributed by atoms with Gasteiger partial charge in [-0.25, -0.2) is 8.78 Å². The minimum absolute atomic E-state index is 0.220. The number of phenolic OH excluding ortho intramolecular Hbond substituents is 1. The maximum absolute atomic E-state index is 13.6. The molecule has 1 saturated heterocycles. The van der Waals surface area contributed by atoms with Crippen molar-refractivity contribution in [3.63, 3.8) is 0 Å². The Bertz CT molecular complexity index is 521. The maximum Gasteiger partial charge on any atom is 0.257 e. The van der Waals surface area contributed by atoms with Crippen molar-refractivity contribution in [3.05, 3.63) is 29.1 Å². The molecule has 1 amide bonds. The number of phenols is 1. The minimum atomic E-state index is -1.70. The minimum Gasteiger partial charge on any atom is -0.503 e. The topological polar surface area (TPSA) is 49.8 Å². The summed E-state index contributed by atoms with van der Waals surface area (Å²) >= 11 is 0. The van der Waals surface area contributed by atoms with Gasteiger partial charge in [0.1, 0.15) is 0 Å². The van der Waals surface area contributed by atoms with Crippen molar-refractivity contribution < 1.29 is 27.8 Å². The first-order chi connectivity index (χ1) is 8.91. The van der Waals surface area contributed by atoms with Gasteiger partial charge >= 0.3 is 0 Å². The second-order valence-corrected chi connectivity index (χ2v) is 4.32. The Morgan fingerprint density at radius 1 is 1.42 bits per heavy atom. The molecule has 1 heterocycles. The van der Waals surface area contributed by atoms with Crippen molar-refractivity contribution in [2.24, 2.45) is 0 Å². The third-order valence-electron chi connectivity index (χ3n) is 2.89. The molecule has 0 saturated carbocycles. The number of nitrogens with zero attached hydrogens (tertiary/aromatic N) is 1. The van der Waals surface area contributed by atoms with Gasteiger partial charge in [0.15, 0.2) is 17.4 Å². The highest BCUT2D eigenvalue weighted by Gasteiger charge is 2.28. The number of halogens is 3. The number of hydrogen-bond acceptors (Lipinski definition) is 3.